The predicted molar refractivity (Wildman–Crippen MR) is 122 cm³/mol. The minimum absolute atomic E-state index is 0.00139. The summed E-state index contributed by atoms with van der Waals surface area (Å²) in [6, 6.07) is 3.04. The number of thiocarbonyl (C=S) groups is 1. The average Bonchev–Trinajstić information content (AvgIpc) is 3.15. The first-order valence-corrected chi connectivity index (χ1v) is 10.8. The van der Waals surface area contributed by atoms with Gasteiger partial charge in [-0.25, -0.2) is 4.79 Å². The molecule has 9 heteroatoms. The minimum atomic E-state index is -0.582. The van der Waals surface area contributed by atoms with Gasteiger partial charge in [-0.3, -0.25) is 9.59 Å². The second-order valence-electron chi connectivity index (χ2n) is 7.56. The summed E-state index contributed by atoms with van der Waals surface area (Å²) in [5.74, 6) is -1.69. The number of aromatic hydroxyl groups is 1. The molecule has 0 radical (unpaired) electrons. The smallest absolute Gasteiger partial charge is 0.344 e. The fourth-order valence-corrected chi connectivity index (χ4v) is 4.09. The molecule has 1 aromatic rings. The lowest BCUT2D eigenvalue weighted by molar-refractivity contribution is -0.145. The van der Waals surface area contributed by atoms with Crippen molar-refractivity contribution in [2.45, 2.75) is 20.3 Å². The Kier molecular flexibility index (Phi) is 7.29. The Morgan fingerprint density at radius 2 is 2.06 bits per heavy atom. The molecule has 2 atom stereocenters. The number of Topliss-reactive ketones (excluding diaryl/α,β-unsaturated/α-hetero) is 2. The number of benzene rings is 1. The first-order valence-electron chi connectivity index (χ1n) is 10.4. The number of rotatable bonds is 9. The fraction of sp³-hybridized carbons (Fsp3) is 0.391. The van der Waals surface area contributed by atoms with Crippen LogP contribution in [-0.2, 0) is 20.7 Å². The number of carbonyl (C=O) groups is 3. The third-order valence-electron chi connectivity index (χ3n) is 5.48. The van der Waals surface area contributed by atoms with E-state index in [-0.39, 0.29) is 53.5 Å². The van der Waals surface area contributed by atoms with Crippen molar-refractivity contribution in [1.29, 1.82) is 0 Å². The molecule has 0 saturated carbocycles. The molecule has 2 aliphatic rings. The van der Waals surface area contributed by atoms with Gasteiger partial charge in [0.1, 0.15) is 11.5 Å². The number of esters is 1. The molecule has 0 saturated heterocycles. The zero-order valence-corrected chi connectivity index (χ0v) is 18.8. The highest BCUT2D eigenvalue weighted by Gasteiger charge is 2.37. The Morgan fingerprint density at radius 3 is 2.72 bits per heavy atom. The number of ether oxygens (including phenoxy) is 2. The number of allylic oxidation sites excluding steroid dienone is 1. The monoisotopic (exact) mass is 458 g/mol. The van der Waals surface area contributed by atoms with Crippen LogP contribution in [0.4, 0.5) is 0 Å². The second kappa shape index (κ2) is 9.95. The fourth-order valence-electron chi connectivity index (χ4n) is 3.90. The molecule has 1 heterocycles. The van der Waals surface area contributed by atoms with E-state index in [0.29, 0.717) is 24.3 Å². The van der Waals surface area contributed by atoms with Crippen molar-refractivity contribution < 1.29 is 29.0 Å². The molecule has 0 amide bonds. The zero-order valence-electron chi connectivity index (χ0n) is 18.0. The molecule has 32 heavy (non-hydrogen) atoms. The van der Waals surface area contributed by atoms with E-state index in [4.69, 9.17) is 27.4 Å². The number of fused-ring (bicyclic) bond motifs is 1. The molecular formula is C23H26N2O6S. The van der Waals surface area contributed by atoms with E-state index in [1.807, 2.05) is 13.0 Å². The maximum atomic E-state index is 12.9. The summed E-state index contributed by atoms with van der Waals surface area (Å²) in [7, 11) is 0. The normalized spacial score (nSPS) is 19.4. The number of nitrogens with zero attached hydrogens (tertiary/aromatic N) is 1. The second-order valence-corrected chi connectivity index (χ2v) is 8.03. The van der Waals surface area contributed by atoms with Crippen LogP contribution >= 0.6 is 12.2 Å². The summed E-state index contributed by atoms with van der Waals surface area (Å²) in [5, 5.41) is 10.7. The van der Waals surface area contributed by atoms with E-state index < -0.39 is 11.9 Å². The maximum Gasteiger partial charge on any atom is 0.344 e. The van der Waals surface area contributed by atoms with Crippen LogP contribution in [0, 0.1) is 11.8 Å². The third-order valence-corrected chi connectivity index (χ3v) is 5.73. The van der Waals surface area contributed by atoms with Crippen LogP contribution in [0.1, 0.15) is 29.8 Å². The van der Waals surface area contributed by atoms with Gasteiger partial charge in [0.05, 0.1) is 35.5 Å². The largest absolute Gasteiger partial charge is 0.507 e. The van der Waals surface area contributed by atoms with Crippen molar-refractivity contribution in [3.05, 3.63) is 47.2 Å². The predicted octanol–water partition coefficient (Wildman–Crippen LogP) is 1.94. The number of hydrogen-bond acceptors (Lipinski definition) is 8. The molecule has 1 aliphatic carbocycles. The molecule has 3 N–H and O–H groups in total. The Bertz CT molecular complexity index is 1020. The minimum Gasteiger partial charge on any atom is -0.507 e. The third kappa shape index (κ3) is 4.83. The van der Waals surface area contributed by atoms with Crippen molar-refractivity contribution in [1.82, 2.24) is 4.90 Å². The number of nitrogens with two attached hydrogens (primary N) is 1. The Hall–Kier alpha value is -3.20. The first-order chi connectivity index (χ1) is 15.3. The summed E-state index contributed by atoms with van der Waals surface area (Å²) < 4.78 is 10.3. The van der Waals surface area contributed by atoms with Gasteiger partial charge in [0, 0.05) is 18.3 Å². The van der Waals surface area contributed by atoms with Crippen LogP contribution in [-0.4, -0.2) is 58.8 Å². The van der Waals surface area contributed by atoms with Crippen LogP contribution < -0.4 is 10.5 Å². The Morgan fingerprint density at radius 1 is 1.31 bits per heavy atom. The Balaban J connectivity index is 1.70. The van der Waals surface area contributed by atoms with Crippen LogP contribution in [0.2, 0.25) is 0 Å². The van der Waals surface area contributed by atoms with Gasteiger partial charge in [0.15, 0.2) is 18.2 Å². The topological polar surface area (TPSA) is 119 Å². The van der Waals surface area contributed by atoms with Crippen molar-refractivity contribution in [3.8, 4) is 11.5 Å². The van der Waals surface area contributed by atoms with Crippen LogP contribution in [0.3, 0.4) is 0 Å². The highest BCUT2D eigenvalue weighted by atomic mass is 32.1. The van der Waals surface area contributed by atoms with E-state index in [2.05, 4.69) is 0 Å². The highest BCUT2D eigenvalue weighted by molar-refractivity contribution is 7.80. The highest BCUT2D eigenvalue weighted by Crippen LogP contribution is 2.34. The summed E-state index contributed by atoms with van der Waals surface area (Å²) in [4.78, 5) is 39.0. The number of hydrogen-bond donors (Lipinski definition) is 2. The van der Waals surface area contributed by atoms with E-state index in [1.165, 1.54) is 6.07 Å². The standard InChI is InChI=1S/C23H26N2O6S/c1-3-14-19(31-12-20(27)30-4-2)8-7-15(21(14)28)18(26)11-25-9-13-5-6-16(23(24)32)22(29)17(13)10-25/h5-9,16-17,28H,3-4,10-12H2,1-2H3,(H2,24,32). The Labute approximate surface area is 191 Å². The van der Waals surface area contributed by atoms with Gasteiger partial charge >= 0.3 is 5.97 Å². The summed E-state index contributed by atoms with van der Waals surface area (Å²) >= 11 is 4.97. The molecule has 0 fully saturated rings. The van der Waals surface area contributed by atoms with Gasteiger partial charge in [-0.1, -0.05) is 31.3 Å². The molecule has 170 valence electrons. The first kappa shape index (κ1) is 23.5. The van der Waals surface area contributed by atoms with E-state index in [1.54, 1.807) is 30.2 Å². The van der Waals surface area contributed by atoms with Gasteiger partial charge in [0.25, 0.3) is 0 Å². The summed E-state index contributed by atoms with van der Waals surface area (Å²) in [6.45, 7) is 3.82. The van der Waals surface area contributed by atoms with Crippen LogP contribution in [0.5, 0.6) is 11.5 Å². The quantitative estimate of drug-likeness (QED) is 0.325. The van der Waals surface area contributed by atoms with E-state index in [0.717, 1.165) is 5.57 Å². The average molecular weight is 459 g/mol. The molecule has 0 spiro atoms. The molecule has 3 rings (SSSR count). The SMILES string of the molecule is CCOC(=O)COc1ccc(C(=O)CN2C=C3C=CC(C(N)=S)C(=O)C3C2)c(O)c1CC. The number of carbonyl (C=O) groups excluding carboxylic acids is 3. The van der Waals surface area contributed by atoms with Gasteiger partial charge < -0.3 is 25.2 Å². The molecule has 1 aromatic carbocycles. The molecule has 0 aromatic heterocycles. The van der Waals surface area contributed by atoms with Crippen molar-refractivity contribution in [3.63, 3.8) is 0 Å². The van der Waals surface area contributed by atoms with Gasteiger partial charge in [-0.15, -0.1) is 0 Å². The van der Waals surface area contributed by atoms with Crippen molar-refractivity contribution in [2.75, 3.05) is 26.3 Å². The van der Waals surface area contributed by atoms with Crippen molar-refractivity contribution in [2.24, 2.45) is 17.6 Å². The molecule has 2 unspecified atom stereocenters. The van der Waals surface area contributed by atoms with Crippen LogP contribution in [0.25, 0.3) is 0 Å². The summed E-state index contributed by atoms with van der Waals surface area (Å²) in [5.41, 5.74) is 7.06. The lowest BCUT2D eigenvalue weighted by Gasteiger charge is -2.22. The maximum absolute atomic E-state index is 12.9. The van der Waals surface area contributed by atoms with Gasteiger partial charge in [-0.05, 0) is 31.1 Å². The van der Waals surface area contributed by atoms with Gasteiger partial charge in [0.2, 0.25) is 0 Å². The number of ketones is 2. The number of phenolic OH excluding ortho intramolecular Hbond substituents is 1. The van der Waals surface area contributed by atoms with E-state index >= 15 is 0 Å². The van der Waals surface area contributed by atoms with Gasteiger partial charge in [-0.2, -0.15) is 0 Å². The lowest BCUT2D eigenvalue weighted by Crippen LogP contribution is -2.37. The molecule has 8 nitrogen and oxygen atoms in total. The molecule has 0 bridgehead atoms. The molecule has 1 aliphatic heterocycles. The lowest BCUT2D eigenvalue weighted by atomic mass is 9.83. The van der Waals surface area contributed by atoms with Crippen molar-refractivity contribution >= 4 is 34.7 Å². The van der Waals surface area contributed by atoms with Crippen LogP contribution in [0.15, 0.2) is 36.1 Å². The summed E-state index contributed by atoms with van der Waals surface area (Å²) in [6.07, 6.45) is 5.69. The molecular weight excluding hydrogens is 432 g/mol. The number of phenols is 1. The zero-order chi connectivity index (χ0) is 23.4. The van der Waals surface area contributed by atoms with E-state index in [9.17, 15) is 19.5 Å².